The molecule has 2 atom stereocenters. The number of carbonyl (C=O) groups excluding carboxylic acids is 2. The van der Waals surface area contributed by atoms with Gasteiger partial charge in [0, 0.05) is 12.6 Å². The summed E-state index contributed by atoms with van der Waals surface area (Å²) in [5.41, 5.74) is -1.22. The zero-order valence-electron chi connectivity index (χ0n) is 14.4. The van der Waals surface area contributed by atoms with Gasteiger partial charge in [0.05, 0.1) is 6.42 Å². The van der Waals surface area contributed by atoms with E-state index in [0.717, 1.165) is 0 Å². The van der Waals surface area contributed by atoms with Gasteiger partial charge in [-0.25, -0.2) is 9.18 Å². The Morgan fingerprint density at radius 1 is 1.09 bits per heavy atom. The predicted octanol–water partition coefficient (Wildman–Crippen LogP) is 3.46. The number of ether oxygens (including phenoxy) is 2. The summed E-state index contributed by atoms with van der Waals surface area (Å²) in [4.78, 5) is 25.6. The summed E-state index contributed by atoms with van der Waals surface area (Å²) in [6, 6.07) is -0.520. The number of alkyl halides is 1. The highest BCUT2D eigenvalue weighted by atomic mass is 19.1. The Hall–Kier alpha value is -1.33. The van der Waals surface area contributed by atoms with Crippen LogP contribution in [0.15, 0.2) is 0 Å². The van der Waals surface area contributed by atoms with Gasteiger partial charge in [0.15, 0.2) is 0 Å². The van der Waals surface area contributed by atoms with Crippen molar-refractivity contribution >= 4 is 12.1 Å². The molecular formula is C16H28FNO4. The van der Waals surface area contributed by atoms with Gasteiger partial charge in [0.2, 0.25) is 0 Å². The second-order valence-electron chi connectivity index (χ2n) is 7.74. The largest absolute Gasteiger partial charge is 0.460 e. The molecule has 1 aliphatic heterocycles. The van der Waals surface area contributed by atoms with Crippen molar-refractivity contribution in [2.24, 2.45) is 0 Å². The highest BCUT2D eigenvalue weighted by molar-refractivity contribution is 5.73. The molecule has 1 rings (SSSR count). The van der Waals surface area contributed by atoms with Crippen molar-refractivity contribution in [1.82, 2.24) is 4.90 Å². The predicted molar refractivity (Wildman–Crippen MR) is 81.3 cm³/mol. The minimum Gasteiger partial charge on any atom is -0.460 e. The molecule has 1 saturated heterocycles. The first-order valence-electron chi connectivity index (χ1n) is 7.73. The highest BCUT2D eigenvalue weighted by Crippen LogP contribution is 2.25. The molecule has 0 saturated carbocycles. The molecule has 0 radical (unpaired) electrons. The molecule has 1 fully saturated rings. The quantitative estimate of drug-likeness (QED) is 0.732. The van der Waals surface area contributed by atoms with Gasteiger partial charge in [0.1, 0.15) is 17.4 Å². The lowest BCUT2D eigenvalue weighted by atomic mass is 9.98. The van der Waals surface area contributed by atoms with Gasteiger partial charge in [-0.2, -0.15) is 0 Å². The number of amides is 1. The van der Waals surface area contributed by atoms with Gasteiger partial charge >= 0.3 is 12.1 Å². The molecule has 1 heterocycles. The number of esters is 1. The van der Waals surface area contributed by atoms with Crippen LogP contribution in [-0.4, -0.2) is 46.9 Å². The van der Waals surface area contributed by atoms with Crippen LogP contribution in [0.5, 0.6) is 0 Å². The molecule has 6 heteroatoms. The average molecular weight is 317 g/mol. The first-order chi connectivity index (χ1) is 9.87. The van der Waals surface area contributed by atoms with E-state index in [0.29, 0.717) is 0 Å². The third-order valence-electron chi connectivity index (χ3n) is 3.10. The molecule has 0 bridgehead atoms. The van der Waals surface area contributed by atoms with Crippen molar-refractivity contribution < 1.29 is 23.5 Å². The monoisotopic (exact) mass is 317 g/mol. The van der Waals surface area contributed by atoms with E-state index in [9.17, 15) is 14.0 Å². The van der Waals surface area contributed by atoms with E-state index >= 15 is 0 Å². The van der Waals surface area contributed by atoms with Crippen LogP contribution in [-0.2, 0) is 14.3 Å². The topological polar surface area (TPSA) is 55.8 Å². The fourth-order valence-electron chi connectivity index (χ4n) is 2.33. The SMILES string of the molecule is CC(C)(C)OC(=O)C[C@H]1C[C@@H](F)CCN1C(=O)OC(C)(C)C. The smallest absolute Gasteiger partial charge is 0.410 e. The number of rotatable bonds is 2. The van der Waals surface area contributed by atoms with Crippen LogP contribution in [0, 0.1) is 0 Å². The van der Waals surface area contributed by atoms with Crippen molar-refractivity contribution in [1.29, 1.82) is 0 Å². The molecule has 0 N–H and O–H groups in total. The zero-order chi connectivity index (χ0) is 17.1. The van der Waals surface area contributed by atoms with Gasteiger partial charge in [0.25, 0.3) is 0 Å². The first kappa shape index (κ1) is 18.7. The number of halogens is 1. The lowest BCUT2D eigenvalue weighted by Crippen LogP contribution is -2.49. The molecule has 0 unspecified atom stereocenters. The Morgan fingerprint density at radius 3 is 2.14 bits per heavy atom. The minimum atomic E-state index is -1.01. The second-order valence-corrected chi connectivity index (χ2v) is 7.74. The third kappa shape index (κ3) is 6.62. The van der Waals surface area contributed by atoms with Crippen LogP contribution in [0.2, 0.25) is 0 Å². The van der Waals surface area contributed by atoms with Gasteiger partial charge < -0.3 is 14.4 Å². The number of hydrogen-bond acceptors (Lipinski definition) is 4. The Kier molecular flexibility index (Phi) is 5.82. The average Bonchev–Trinajstić information content (AvgIpc) is 2.23. The molecule has 1 amide bonds. The minimum absolute atomic E-state index is 0.0169. The second kappa shape index (κ2) is 6.84. The maximum atomic E-state index is 13.7. The van der Waals surface area contributed by atoms with E-state index < -0.39 is 35.5 Å². The standard InChI is InChI=1S/C16H28FNO4/c1-15(2,3)21-13(19)10-12-9-11(17)7-8-18(12)14(20)22-16(4,5)6/h11-12H,7-10H2,1-6H3/t11-,12+/m0/s1. The zero-order valence-corrected chi connectivity index (χ0v) is 14.4. The number of likely N-dealkylation sites (tertiary alicyclic amines) is 1. The van der Waals surface area contributed by atoms with E-state index in [1.165, 1.54) is 4.90 Å². The van der Waals surface area contributed by atoms with Gasteiger partial charge in [-0.05, 0) is 54.4 Å². The van der Waals surface area contributed by atoms with E-state index in [-0.39, 0.29) is 25.8 Å². The van der Waals surface area contributed by atoms with E-state index in [2.05, 4.69) is 0 Å². The van der Waals surface area contributed by atoms with E-state index in [1.54, 1.807) is 41.5 Å². The maximum Gasteiger partial charge on any atom is 0.410 e. The Bertz CT molecular complexity index is 411. The lowest BCUT2D eigenvalue weighted by Gasteiger charge is -2.37. The molecule has 0 aromatic carbocycles. The van der Waals surface area contributed by atoms with Crippen molar-refractivity contribution in [2.75, 3.05) is 6.54 Å². The number of nitrogens with zero attached hydrogens (tertiary/aromatic N) is 1. The summed E-state index contributed by atoms with van der Waals surface area (Å²) < 4.78 is 24.3. The van der Waals surface area contributed by atoms with Crippen LogP contribution in [0.25, 0.3) is 0 Å². The third-order valence-corrected chi connectivity index (χ3v) is 3.10. The number of piperidine rings is 1. The van der Waals surface area contributed by atoms with Crippen LogP contribution in [0.4, 0.5) is 9.18 Å². The lowest BCUT2D eigenvalue weighted by molar-refractivity contribution is -0.156. The molecule has 22 heavy (non-hydrogen) atoms. The summed E-state index contributed by atoms with van der Waals surface area (Å²) in [5, 5.41) is 0. The Labute approximate surface area is 132 Å². The van der Waals surface area contributed by atoms with E-state index in [4.69, 9.17) is 9.47 Å². The molecular weight excluding hydrogens is 289 g/mol. The van der Waals surface area contributed by atoms with Crippen molar-refractivity contribution in [2.45, 2.75) is 84.2 Å². The molecule has 0 aliphatic carbocycles. The molecule has 128 valence electrons. The summed E-state index contributed by atoms with van der Waals surface area (Å²) in [6.45, 7) is 10.9. The van der Waals surface area contributed by atoms with Crippen LogP contribution >= 0.6 is 0 Å². The molecule has 1 aliphatic rings. The highest BCUT2D eigenvalue weighted by Gasteiger charge is 2.36. The fourth-order valence-corrected chi connectivity index (χ4v) is 2.33. The maximum absolute atomic E-state index is 13.7. The van der Waals surface area contributed by atoms with Crippen molar-refractivity contribution in [3.05, 3.63) is 0 Å². The summed E-state index contributed by atoms with van der Waals surface area (Å²) in [7, 11) is 0. The summed E-state index contributed by atoms with van der Waals surface area (Å²) in [6.07, 6.45) is -1.13. The number of carbonyl (C=O) groups is 2. The summed E-state index contributed by atoms with van der Waals surface area (Å²) >= 11 is 0. The fraction of sp³-hybridized carbons (Fsp3) is 0.875. The van der Waals surface area contributed by atoms with Crippen molar-refractivity contribution in [3.8, 4) is 0 Å². The summed E-state index contributed by atoms with van der Waals surface area (Å²) in [5.74, 6) is -0.430. The van der Waals surface area contributed by atoms with Crippen LogP contribution < -0.4 is 0 Å². The van der Waals surface area contributed by atoms with E-state index in [1.807, 2.05) is 0 Å². The number of hydrogen-bond donors (Lipinski definition) is 0. The normalized spacial score (nSPS) is 23.1. The van der Waals surface area contributed by atoms with Gasteiger partial charge in [-0.3, -0.25) is 4.79 Å². The Balaban J connectivity index is 2.73. The molecule has 0 aromatic heterocycles. The first-order valence-corrected chi connectivity index (χ1v) is 7.73. The van der Waals surface area contributed by atoms with Crippen molar-refractivity contribution in [3.63, 3.8) is 0 Å². The molecule has 5 nitrogen and oxygen atoms in total. The van der Waals surface area contributed by atoms with Crippen LogP contribution in [0.1, 0.15) is 60.8 Å². The molecule has 0 spiro atoms. The van der Waals surface area contributed by atoms with Crippen LogP contribution in [0.3, 0.4) is 0 Å². The Morgan fingerprint density at radius 2 is 1.64 bits per heavy atom. The van der Waals surface area contributed by atoms with Gasteiger partial charge in [-0.1, -0.05) is 0 Å². The molecule has 0 aromatic rings. The van der Waals surface area contributed by atoms with Gasteiger partial charge in [-0.15, -0.1) is 0 Å².